The van der Waals surface area contributed by atoms with Crippen molar-refractivity contribution >= 4 is 5.91 Å². The Morgan fingerprint density at radius 2 is 2.30 bits per heavy atom. The van der Waals surface area contributed by atoms with Gasteiger partial charge in [0.2, 0.25) is 5.91 Å². The fraction of sp³-hybridized carbons (Fsp3) is 0.625. The molecule has 1 aromatic heterocycles. The smallest absolute Gasteiger partial charge is 0.237 e. The number of aryl methyl sites for hydroxylation is 1. The van der Waals surface area contributed by atoms with Gasteiger partial charge >= 0.3 is 0 Å². The zero-order valence-electron chi connectivity index (χ0n) is 12.1. The molecule has 0 aromatic carbocycles. The molecule has 3 rings (SSSR count). The van der Waals surface area contributed by atoms with E-state index in [1.165, 1.54) is 31.2 Å². The van der Waals surface area contributed by atoms with Crippen molar-refractivity contribution in [2.75, 3.05) is 0 Å². The highest BCUT2D eigenvalue weighted by Crippen LogP contribution is 2.33. The molecule has 0 bridgehead atoms. The number of aromatic nitrogens is 1. The molecule has 2 N–H and O–H groups in total. The van der Waals surface area contributed by atoms with Crippen LogP contribution in [0.3, 0.4) is 0 Å². The first-order valence-electron chi connectivity index (χ1n) is 7.67. The van der Waals surface area contributed by atoms with Crippen molar-refractivity contribution in [3.8, 4) is 0 Å². The zero-order valence-corrected chi connectivity index (χ0v) is 12.1. The third-order valence-electron chi connectivity index (χ3n) is 4.78. The third-order valence-corrected chi connectivity index (χ3v) is 4.78. The second kappa shape index (κ2) is 5.92. The molecule has 2 aliphatic rings. The molecule has 1 amide bonds. The predicted molar refractivity (Wildman–Crippen MR) is 78.1 cm³/mol. The van der Waals surface area contributed by atoms with Crippen LogP contribution in [-0.4, -0.2) is 23.0 Å². The van der Waals surface area contributed by atoms with Gasteiger partial charge in [0, 0.05) is 25.0 Å². The molecular weight excluding hydrogens is 250 g/mol. The van der Waals surface area contributed by atoms with Crippen molar-refractivity contribution in [1.82, 2.24) is 15.6 Å². The van der Waals surface area contributed by atoms with Gasteiger partial charge in [0.1, 0.15) is 0 Å². The first kappa shape index (κ1) is 13.6. The SMILES string of the molecule is Cc1ccncc1CNC(=O)C1CC2CCCCC2N1. The summed E-state index contributed by atoms with van der Waals surface area (Å²) >= 11 is 0. The molecular formula is C16H23N3O. The van der Waals surface area contributed by atoms with Gasteiger partial charge in [-0.05, 0) is 49.3 Å². The quantitative estimate of drug-likeness (QED) is 0.885. The van der Waals surface area contributed by atoms with Gasteiger partial charge in [0.05, 0.1) is 6.04 Å². The number of rotatable bonds is 3. The highest BCUT2D eigenvalue weighted by atomic mass is 16.2. The summed E-state index contributed by atoms with van der Waals surface area (Å²) in [6, 6.07) is 2.55. The van der Waals surface area contributed by atoms with Crippen LogP contribution in [0, 0.1) is 12.8 Å². The lowest BCUT2D eigenvalue weighted by Gasteiger charge is -2.24. The highest BCUT2D eigenvalue weighted by molar-refractivity contribution is 5.82. The third kappa shape index (κ3) is 2.85. The largest absolute Gasteiger partial charge is 0.351 e. The van der Waals surface area contributed by atoms with Crippen molar-refractivity contribution in [2.24, 2.45) is 5.92 Å². The number of carbonyl (C=O) groups excluding carboxylic acids is 1. The summed E-state index contributed by atoms with van der Waals surface area (Å²) in [5, 5.41) is 6.57. The maximum Gasteiger partial charge on any atom is 0.237 e. The van der Waals surface area contributed by atoms with Gasteiger partial charge in [-0.3, -0.25) is 9.78 Å². The van der Waals surface area contributed by atoms with Gasteiger partial charge in [-0.1, -0.05) is 12.8 Å². The van der Waals surface area contributed by atoms with Gasteiger partial charge in [-0.2, -0.15) is 0 Å². The van der Waals surface area contributed by atoms with Crippen molar-refractivity contribution < 1.29 is 4.79 Å². The Kier molecular flexibility index (Phi) is 4.01. The Labute approximate surface area is 120 Å². The molecule has 2 fully saturated rings. The summed E-state index contributed by atoms with van der Waals surface area (Å²) in [6.07, 6.45) is 9.76. The van der Waals surface area contributed by atoms with Gasteiger partial charge in [-0.15, -0.1) is 0 Å². The van der Waals surface area contributed by atoms with Crippen LogP contribution in [0.1, 0.15) is 43.2 Å². The van der Waals surface area contributed by atoms with Crippen molar-refractivity contribution in [1.29, 1.82) is 0 Å². The molecule has 1 aromatic rings. The Balaban J connectivity index is 1.54. The topological polar surface area (TPSA) is 54.0 Å². The number of hydrogen-bond donors (Lipinski definition) is 2. The molecule has 0 radical (unpaired) electrons. The zero-order chi connectivity index (χ0) is 13.9. The minimum atomic E-state index is 0.0000718. The van der Waals surface area contributed by atoms with Gasteiger partial charge < -0.3 is 10.6 Å². The first-order chi connectivity index (χ1) is 9.74. The van der Waals surface area contributed by atoms with Crippen LogP contribution in [0.5, 0.6) is 0 Å². The summed E-state index contributed by atoms with van der Waals surface area (Å²) in [7, 11) is 0. The number of fused-ring (bicyclic) bond motifs is 1. The minimum Gasteiger partial charge on any atom is -0.351 e. The van der Waals surface area contributed by atoms with E-state index in [0.717, 1.165) is 12.0 Å². The molecule has 1 saturated carbocycles. The van der Waals surface area contributed by atoms with Gasteiger partial charge in [-0.25, -0.2) is 0 Å². The van der Waals surface area contributed by atoms with Crippen LogP contribution in [-0.2, 0) is 11.3 Å². The Morgan fingerprint density at radius 1 is 1.45 bits per heavy atom. The standard InChI is InChI=1S/C16H23N3O/c1-11-6-7-17-9-13(11)10-18-16(20)15-8-12-4-2-3-5-14(12)19-15/h6-7,9,12,14-15,19H,2-5,8,10H2,1H3,(H,18,20). The van der Waals surface area contributed by atoms with Crippen LogP contribution in [0.15, 0.2) is 18.5 Å². The second-order valence-corrected chi connectivity index (χ2v) is 6.13. The minimum absolute atomic E-state index is 0.0000718. The van der Waals surface area contributed by atoms with E-state index in [0.29, 0.717) is 18.5 Å². The molecule has 3 atom stereocenters. The van der Waals surface area contributed by atoms with Gasteiger partial charge in [0.25, 0.3) is 0 Å². The lowest BCUT2D eigenvalue weighted by atomic mass is 9.85. The molecule has 108 valence electrons. The Morgan fingerprint density at radius 3 is 3.10 bits per heavy atom. The van der Waals surface area contributed by atoms with Gasteiger partial charge in [0.15, 0.2) is 0 Å². The molecule has 1 aliphatic carbocycles. The molecule has 4 nitrogen and oxygen atoms in total. The lowest BCUT2D eigenvalue weighted by molar-refractivity contribution is -0.123. The molecule has 1 saturated heterocycles. The molecule has 20 heavy (non-hydrogen) atoms. The summed E-state index contributed by atoms with van der Waals surface area (Å²) < 4.78 is 0. The van der Waals surface area contributed by atoms with E-state index in [1.54, 1.807) is 6.20 Å². The fourth-order valence-electron chi connectivity index (χ4n) is 3.51. The number of nitrogens with zero attached hydrogens (tertiary/aromatic N) is 1. The maximum atomic E-state index is 12.3. The second-order valence-electron chi connectivity index (χ2n) is 6.13. The fourth-order valence-corrected chi connectivity index (χ4v) is 3.51. The summed E-state index contributed by atoms with van der Waals surface area (Å²) in [5.41, 5.74) is 2.27. The highest BCUT2D eigenvalue weighted by Gasteiger charge is 2.37. The van der Waals surface area contributed by atoms with Crippen molar-refractivity contribution in [3.63, 3.8) is 0 Å². The molecule has 1 aliphatic heterocycles. The first-order valence-corrected chi connectivity index (χ1v) is 7.67. The number of hydrogen-bond acceptors (Lipinski definition) is 3. The molecule has 3 unspecified atom stereocenters. The Bertz CT molecular complexity index is 474. The van der Waals surface area contributed by atoms with Crippen LogP contribution in [0.2, 0.25) is 0 Å². The summed E-state index contributed by atoms with van der Waals surface area (Å²) in [5.74, 6) is 0.849. The van der Waals surface area contributed by atoms with E-state index >= 15 is 0 Å². The lowest BCUT2D eigenvalue weighted by Crippen LogP contribution is -2.42. The van der Waals surface area contributed by atoms with E-state index in [2.05, 4.69) is 15.6 Å². The number of pyridine rings is 1. The molecule has 0 spiro atoms. The van der Waals surface area contributed by atoms with E-state index < -0.39 is 0 Å². The van der Waals surface area contributed by atoms with Crippen LogP contribution in [0.4, 0.5) is 0 Å². The monoisotopic (exact) mass is 273 g/mol. The number of nitrogens with one attached hydrogen (secondary N) is 2. The normalized spacial score (nSPS) is 28.9. The van der Waals surface area contributed by atoms with Crippen LogP contribution in [0.25, 0.3) is 0 Å². The number of carbonyl (C=O) groups is 1. The maximum absolute atomic E-state index is 12.3. The number of amides is 1. The average Bonchev–Trinajstić information content (AvgIpc) is 2.90. The van der Waals surface area contributed by atoms with Crippen LogP contribution < -0.4 is 10.6 Å². The van der Waals surface area contributed by atoms with E-state index in [-0.39, 0.29) is 11.9 Å². The van der Waals surface area contributed by atoms with Crippen molar-refractivity contribution in [3.05, 3.63) is 29.6 Å². The molecule has 2 heterocycles. The van der Waals surface area contributed by atoms with Crippen LogP contribution >= 0.6 is 0 Å². The van der Waals surface area contributed by atoms with E-state index in [9.17, 15) is 4.79 Å². The summed E-state index contributed by atoms with van der Waals surface area (Å²) in [6.45, 7) is 2.62. The van der Waals surface area contributed by atoms with Crippen molar-refractivity contribution in [2.45, 2.75) is 57.7 Å². The average molecular weight is 273 g/mol. The predicted octanol–water partition coefficient (Wildman–Crippen LogP) is 1.93. The summed E-state index contributed by atoms with van der Waals surface area (Å²) in [4.78, 5) is 16.4. The van der Waals surface area contributed by atoms with E-state index in [4.69, 9.17) is 0 Å². The Hall–Kier alpha value is -1.42. The molecule has 4 heteroatoms. The van der Waals surface area contributed by atoms with E-state index in [1.807, 2.05) is 19.2 Å².